The summed E-state index contributed by atoms with van der Waals surface area (Å²) in [6.45, 7) is 4.06. The van der Waals surface area contributed by atoms with Crippen LogP contribution in [0.4, 0.5) is 0 Å². The summed E-state index contributed by atoms with van der Waals surface area (Å²) in [5.41, 5.74) is 6.33. The zero-order valence-corrected chi connectivity index (χ0v) is 11.1. The van der Waals surface area contributed by atoms with Crippen molar-refractivity contribution in [3.63, 3.8) is 0 Å². The van der Waals surface area contributed by atoms with E-state index in [0.717, 1.165) is 0 Å². The Balaban J connectivity index is 2.98. The molecule has 0 amide bonds. The fourth-order valence-electron chi connectivity index (χ4n) is 1.69. The molecule has 0 spiro atoms. The van der Waals surface area contributed by atoms with Gasteiger partial charge in [-0.05, 0) is 30.5 Å². The highest BCUT2D eigenvalue weighted by atomic mass is 35.5. The maximum atomic E-state index is 12.1. The topological polar surface area (TPSA) is 52.3 Å². The Labute approximate surface area is 107 Å². The lowest BCUT2D eigenvalue weighted by Gasteiger charge is -2.15. The average Bonchev–Trinajstić information content (AvgIpc) is 2.27. The van der Waals surface area contributed by atoms with Crippen molar-refractivity contribution in [3.8, 4) is 5.75 Å². The van der Waals surface area contributed by atoms with Crippen LogP contribution < -0.4 is 10.5 Å². The quantitative estimate of drug-likeness (QED) is 0.823. The van der Waals surface area contributed by atoms with Crippen molar-refractivity contribution in [2.75, 3.05) is 7.11 Å². The van der Waals surface area contributed by atoms with Gasteiger partial charge in [0, 0.05) is 5.02 Å². The first kappa shape index (κ1) is 14.0. The molecule has 0 bridgehead atoms. The highest BCUT2D eigenvalue weighted by Crippen LogP contribution is 2.24. The van der Waals surface area contributed by atoms with Gasteiger partial charge in [0.25, 0.3) is 0 Å². The van der Waals surface area contributed by atoms with Gasteiger partial charge in [-0.25, -0.2) is 0 Å². The molecule has 0 aliphatic carbocycles. The Bertz CT molecular complexity index is 404. The molecular weight excluding hydrogens is 238 g/mol. The Morgan fingerprint density at radius 2 is 2.12 bits per heavy atom. The molecule has 0 aromatic heterocycles. The van der Waals surface area contributed by atoms with Crippen LogP contribution in [0.25, 0.3) is 0 Å². The van der Waals surface area contributed by atoms with E-state index in [1.165, 1.54) is 7.11 Å². The van der Waals surface area contributed by atoms with Gasteiger partial charge in [0.15, 0.2) is 5.78 Å². The van der Waals surface area contributed by atoms with Gasteiger partial charge in [-0.3, -0.25) is 4.79 Å². The second-order valence-corrected chi connectivity index (χ2v) is 4.88. The van der Waals surface area contributed by atoms with E-state index >= 15 is 0 Å². The second kappa shape index (κ2) is 6.03. The molecular formula is C13H18ClNO2. The van der Waals surface area contributed by atoms with E-state index < -0.39 is 6.04 Å². The highest BCUT2D eigenvalue weighted by molar-refractivity contribution is 6.31. The zero-order chi connectivity index (χ0) is 13.0. The molecule has 0 radical (unpaired) electrons. The van der Waals surface area contributed by atoms with Gasteiger partial charge in [-0.1, -0.05) is 25.4 Å². The van der Waals surface area contributed by atoms with Crippen molar-refractivity contribution in [3.05, 3.63) is 28.8 Å². The number of rotatable bonds is 5. The number of hydrogen-bond acceptors (Lipinski definition) is 3. The highest BCUT2D eigenvalue weighted by Gasteiger charge is 2.20. The minimum atomic E-state index is -0.512. The molecule has 0 aliphatic rings. The van der Waals surface area contributed by atoms with Crippen LogP contribution in [0.5, 0.6) is 5.75 Å². The van der Waals surface area contributed by atoms with E-state index in [1.807, 2.05) is 13.8 Å². The molecule has 1 rings (SSSR count). The first-order valence-electron chi connectivity index (χ1n) is 5.59. The predicted octanol–water partition coefficient (Wildman–Crippen LogP) is 2.90. The van der Waals surface area contributed by atoms with Gasteiger partial charge in [0.1, 0.15) is 5.75 Å². The minimum Gasteiger partial charge on any atom is -0.496 e. The van der Waals surface area contributed by atoms with Crippen molar-refractivity contribution >= 4 is 17.4 Å². The number of hydrogen-bond donors (Lipinski definition) is 1. The molecule has 0 saturated carbocycles. The maximum absolute atomic E-state index is 12.1. The third-order valence-electron chi connectivity index (χ3n) is 2.49. The second-order valence-electron chi connectivity index (χ2n) is 4.44. The molecule has 0 saturated heterocycles. The number of Topliss-reactive ketones (excluding diaryl/α,β-unsaturated/α-hetero) is 1. The van der Waals surface area contributed by atoms with Gasteiger partial charge in [-0.15, -0.1) is 0 Å². The van der Waals surface area contributed by atoms with E-state index in [0.29, 0.717) is 28.7 Å². The number of methoxy groups -OCH3 is 1. The van der Waals surface area contributed by atoms with Crippen LogP contribution in [0.15, 0.2) is 18.2 Å². The minimum absolute atomic E-state index is 0.127. The van der Waals surface area contributed by atoms with Crippen LogP contribution in [0.3, 0.4) is 0 Å². The van der Waals surface area contributed by atoms with E-state index in [1.54, 1.807) is 18.2 Å². The first-order valence-corrected chi connectivity index (χ1v) is 5.96. The Hall–Kier alpha value is -1.06. The third kappa shape index (κ3) is 3.72. The summed E-state index contributed by atoms with van der Waals surface area (Å²) in [4.78, 5) is 12.1. The van der Waals surface area contributed by atoms with Crippen LogP contribution in [-0.4, -0.2) is 18.9 Å². The lowest BCUT2D eigenvalue weighted by Crippen LogP contribution is -2.32. The maximum Gasteiger partial charge on any atom is 0.183 e. The van der Waals surface area contributed by atoms with Crippen LogP contribution in [0.1, 0.15) is 30.6 Å². The van der Waals surface area contributed by atoms with Gasteiger partial charge < -0.3 is 10.5 Å². The number of carbonyl (C=O) groups excluding carboxylic acids is 1. The third-order valence-corrected chi connectivity index (χ3v) is 2.72. The zero-order valence-electron chi connectivity index (χ0n) is 10.4. The van der Waals surface area contributed by atoms with Gasteiger partial charge in [0.05, 0.1) is 18.7 Å². The Morgan fingerprint density at radius 3 is 2.65 bits per heavy atom. The molecule has 94 valence electrons. The SMILES string of the molecule is COc1ccc(Cl)cc1C(=O)C(N)CC(C)C. The predicted molar refractivity (Wildman–Crippen MR) is 69.8 cm³/mol. The van der Waals surface area contributed by atoms with Crippen molar-refractivity contribution in [2.45, 2.75) is 26.3 Å². The van der Waals surface area contributed by atoms with Crippen LogP contribution in [0.2, 0.25) is 5.02 Å². The molecule has 1 atom stereocenters. The molecule has 0 aliphatic heterocycles. The summed E-state index contributed by atoms with van der Waals surface area (Å²) in [5, 5.41) is 0.505. The van der Waals surface area contributed by atoms with Crippen LogP contribution in [-0.2, 0) is 0 Å². The molecule has 1 aromatic carbocycles. The van der Waals surface area contributed by atoms with Gasteiger partial charge >= 0.3 is 0 Å². The summed E-state index contributed by atoms with van der Waals surface area (Å²) in [7, 11) is 1.52. The van der Waals surface area contributed by atoms with Crippen LogP contribution >= 0.6 is 11.6 Å². The summed E-state index contributed by atoms with van der Waals surface area (Å²) in [6.07, 6.45) is 0.647. The molecule has 1 aromatic rings. The normalized spacial score (nSPS) is 12.6. The first-order chi connectivity index (χ1) is 7.95. The largest absolute Gasteiger partial charge is 0.496 e. The molecule has 17 heavy (non-hydrogen) atoms. The van der Waals surface area contributed by atoms with Crippen molar-refractivity contribution in [2.24, 2.45) is 11.7 Å². The number of halogens is 1. The molecule has 1 unspecified atom stereocenters. The van der Waals surface area contributed by atoms with Crippen molar-refractivity contribution in [1.82, 2.24) is 0 Å². The van der Waals surface area contributed by atoms with Crippen LogP contribution in [0, 0.1) is 5.92 Å². The van der Waals surface area contributed by atoms with E-state index in [9.17, 15) is 4.79 Å². The molecule has 0 fully saturated rings. The summed E-state index contributed by atoms with van der Waals surface area (Å²) in [6, 6.07) is 4.45. The van der Waals surface area contributed by atoms with Crippen molar-refractivity contribution < 1.29 is 9.53 Å². The summed E-state index contributed by atoms with van der Waals surface area (Å²) >= 11 is 5.88. The standard InChI is InChI=1S/C13H18ClNO2/c1-8(2)6-11(15)13(16)10-7-9(14)4-5-12(10)17-3/h4-5,7-8,11H,6,15H2,1-3H3. The average molecular weight is 256 g/mol. The lowest BCUT2D eigenvalue weighted by atomic mass is 9.96. The van der Waals surface area contributed by atoms with E-state index in [-0.39, 0.29) is 5.78 Å². The van der Waals surface area contributed by atoms with E-state index in [4.69, 9.17) is 22.1 Å². The summed E-state index contributed by atoms with van der Waals surface area (Å²) < 4.78 is 5.14. The van der Waals surface area contributed by atoms with Gasteiger partial charge in [0.2, 0.25) is 0 Å². The van der Waals surface area contributed by atoms with Crippen molar-refractivity contribution in [1.29, 1.82) is 0 Å². The smallest absolute Gasteiger partial charge is 0.183 e. The Kier molecular flexibility index (Phi) is 4.97. The molecule has 0 heterocycles. The molecule has 2 N–H and O–H groups in total. The summed E-state index contributed by atoms with van der Waals surface area (Å²) in [5.74, 6) is 0.760. The monoisotopic (exact) mass is 255 g/mol. The lowest BCUT2D eigenvalue weighted by molar-refractivity contribution is 0.0948. The van der Waals surface area contributed by atoms with E-state index in [2.05, 4.69) is 0 Å². The number of benzene rings is 1. The molecule has 4 heteroatoms. The fourth-order valence-corrected chi connectivity index (χ4v) is 1.86. The number of ketones is 1. The molecule has 3 nitrogen and oxygen atoms in total. The Morgan fingerprint density at radius 1 is 1.47 bits per heavy atom. The van der Waals surface area contributed by atoms with Gasteiger partial charge in [-0.2, -0.15) is 0 Å². The number of carbonyl (C=O) groups is 1. The number of nitrogens with two attached hydrogens (primary N) is 1. The number of ether oxygens (including phenoxy) is 1. The fraction of sp³-hybridized carbons (Fsp3) is 0.462.